The molecule has 2 bridgehead atoms. The van der Waals surface area contributed by atoms with Crippen LogP contribution >= 0.6 is 0 Å². The summed E-state index contributed by atoms with van der Waals surface area (Å²) in [6.07, 6.45) is 0. The van der Waals surface area contributed by atoms with Crippen LogP contribution in [0.3, 0.4) is 0 Å². The fraction of sp³-hybridized carbons (Fsp3) is 0.250. The van der Waals surface area contributed by atoms with Gasteiger partial charge in [-0.25, -0.2) is 8.42 Å². The lowest BCUT2D eigenvalue weighted by Crippen LogP contribution is -2.39. The summed E-state index contributed by atoms with van der Waals surface area (Å²) in [6.45, 7) is 0. The van der Waals surface area contributed by atoms with Crippen molar-refractivity contribution in [3.05, 3.63) is 107 Å². The molecule has 0 amide bonds. The summed E-state index contributed by atoms with van der Waals surface area (Å²) < 4.78 is 32.7. The normalized spacial score (nSPS) is 34.1. The van der Waals surface area contributed by atoms with Gasteiger partial charge in [-0.05, 0) is 22.3 Å². The Morgan fingerprint density at radius 1 is 0.643 bits per heavy atom. The van der Waals surface area contributed by atoms with Gasteiger partial charge >= 0.3 is 0 Å². The average Bonchev–Trinajstić information content (AvgIpc) is 3.32. The van der Waals surface area contributed by atoms with Gasteiger partial charge in [0.15, 0.2) is 9.84 Å². The molecule has 0 aliphatic carbocycles. The number of ether oxygens (including phenoxy) is 1. The first kappa shape index (κ1) is 16.5. The largest absolute Gasteiger partial charge is 0.349 e. The molecule has 28 heavy (non-hydrogen) atoms. The zero-order valence-electron chi connectivity index (χ0n) is 15.3. The third kappa shape index (κ3) is 1.85. The van der Waals surface area contributed by atoms with E-state index in [1.54, 1.807) is 0 Å². The molecular weight excluding hydrogens is 368 g/mol. The Kier molecular flexibility index (Phi) is 3.15. The summed E-state index contributed by atoms with van der Waals surface area (Å²) in [4.78, 5) is 0. The molecule has 0 unspecified atom stereocenters. The molecule has 3 heterocycles. The van der Waals surface area contributed by atoms with Crippen LogP contribution in [0.4, 0.5) is 0 Å². The fourth-order valence-electron chi connectivity index (χ4n) is 5.92. The number of hydrogen-bond acceptors (Lipinski definition) is 3. The second kappa shape index (κ2) is 5.34. The van der Waals surface area contributed by atoms with Crippen molar-refractivity contribution in [1.82, 2.24) is 0 Å². The van der Waals surface area contributed by atoms with E-state index in [9.17, 15) is 8.42 Å². The van der Waals surface area contributed by atoms with E-state index in [2.05, 4.69) is 36.4 Å². The lowest BCUT2D eigenvalue weighted by molar-refractivity contribution is -0.0557. The highest BCUT2D eigenvalue weighted by molar-refractivity contribution is 7.91. The molecule has 3 aromatic carbocycles. The second-order valence-electron chi connectivity index (χ2n) is 8.14. The zero-order chi connectivity index (χ0) is 19.0. The molecular formula is C24H20O3S. The Morgan fingerprint density at radius 2 is 1.04 bits per heavy atom. The van der Waals surface area contributed by atoms with Crippen molar-refractivity contribution in [2.24, 2.45) is 11.8 Å². The van der Waals surface area contributed by atoms with Crippen LogP contribution < -0.4 is 0 Å². The van der Waals surface area contributed by atoms with E-state index in [0.29, 0.717) is 0 Å². The molecule has 6 rings (SSSR count). The van der Waals surface area contributed by atoms with Crippen LogP contribution in [0.15, 0.2) is 84.9 Å². The summed E-state index contributed by atoms with van der Waals surface area (Å²) in [7, 11) is -3.12. The fourth-order valence-corrected chi connectivity index (χ4v) is 8.09. The van der Waals surface area contributed by atoms with Gasteiger partial charge in [0.1, 0.15) is 11.2 Å². The average molecular weight is 388 g/mol. The third-order valence-electron chi connectivity index (χ3n) is 6.85. The minimum absolute atomic E-state index is 0.0880. The molecule has 0 radical (unpaired) electrons. The summed E-state index contributed by atoms with van der Waals surface area (Å²) >= 11 is 0. The molecule has 3 aliphatic rings. The lowest BCUT2D eigenvalue weighted by atomic mass is 9.61. The molecule has 0 spiro atoms. The van der Waals surface area contributed by atoms with E-state index in [0.717, 1.165) is 22.3 Å². The molecule has 0 saturated carbocycles. The highest BCUT2D eigenvalue weighted by Crippen LogP contribution is 2.70. The van der Waals surface area contributed by atoms with E-state index in [1.165, 1.54) is 0 Å². The van der Waals surface area contributed by atoms with Gasteiger partial charge in [-0.2, -0.15) is 0 Å². The molecule has 3 aromatic rings. The Balaban J connectivity index is 1.72. The molecule has 3 nitrogen and oxygen atoms in total. The Bertz CT molecular complexity index is 1090. The van der Waals surface area contributed by atoms with Crippen LogP contribution in [-0.2, 0) is 25.8 Å². The first-order chi connectivity index (χ1) is 13.6. The second-order valence-corrected chi connectivity index (χ2v) is 10.3. The Hall–Kier alpha value is -2.43. The van der Waals surface area contributed by atoms with Crippen molar-refractivity contribution in [3.8, 4) is 0 Å². The maximum absolute atomic E-state index is 12.8. The summed E-state index contributed by atoms with van der Waals surface area (Å²) in [5.74, 6) is 0.176. The maximum atomic E-state index is 12.8. The van der Waals surface area contributed by atoms with Crippen molar-refractivity contribution in [1.29, 1.82) is 0 Å². The molecule has 0 N–H and O–H groups in total. The van der Waals surface area contributed by atoms with Crippen LogP contribution in [0.2, 0.25) is 0 Å². The van der Waals surface area contributed by atoms with E-state index >= 15 is 0 Å². The molecule has 4 atom stereocenters. The highest BCUT2D eigenvalue weighted by Gasteiger charge is 2.73. The molecule has 0 aromatic heterocycles. The lowest BCUT2D eigenvalue weighted by Gasteiger charge is -2.36. The topological polar surface area (TPSA) is 43.4 Å². The molecule has 2 fully saturated rings. The van der Waals surface area contributed by atoms with Gasteiger partial charge in [-0.1, -0.05) is 84.9 Å². The Labute approximate surface area is 164 Å². The summed E-state index contributed by atoms with van der Waals surface area (Å²) in [5.41, 5.74) is 2.88. The van der Waals surface area contributed by atoms with Gasteiger partial charge in [-0.15, -0.1) is 0 Å². The molecule has 3 aliphatic heterocycles. The summed E-state index contributed by atoms with van der Waals surface area (Å²) in [5, 5.41) is 0. The van der Waals surface area contributed by atoms with Crippen LogP contribution in [0, 0.1) is 11.8 Å². The van der Waals surface area contributed by atoms with Crippen LogP contribution in [0.1, 0.15) is 22.3 Å². The highest BCUT2D eigenvalue weighted by atomic mass is 32.2. The van der Waals surface area contributed by atoms with Crippen molar-refractivity contribution in [3.63, 3.8) is 0 Å². The SMILES string of the molecule is O=S1(=O)C[C@H]2[C@H](C1)[C@@]1(c3ccccc3)O[C@@]2(c2ccccc2)c2ccccc21. The van der Waals surface area contributed by atoms with Crippen molar-refractivity contribution < 1.29 is 13.2 Å². The molecule has 140 valence electrons. The molecule has 2 saturated heterocycles. The minimum atomic E-state index is -3.12. The van der Waals surface area contributed by atoms with Gasteiger partial charge < -0.3 is 4.74 Å². The maximum Gasteiger partial charge on any atom is 0.151 e. The van der Waals surface area contributed by atoms with Gasteiger partial charge in [0.2, 0.25) is 0 Å². The number of hydrogen-bond donors (Lipinski definition) is 0. The smallest absolute Gasteiger partial charge is 0.151 e. The monoisotopic (exact) mass is 388 g/mol. The summed E-state index contributed by atoms with van der Waals surface area (Å²) in [6, 6.07) is 28.6. The Morgan fingerprint density at radius 3 is 1.46 bits per heavy atom. The van der Waals surface area contributed by atoms with Crippen molar-refractivity contribution in [2.45, 2.75) is 11.2 Å². The first-order valence-corrected chi connectivity index (χ1v) is 11.5. The van der Waals surface area contributed by atoms with Crippen molar-refractivity contribution >= 4 is 9.84 Å². The zero-order valence-corrected chi connectivity index (χ0v) is 16.1. The van der Waals surface area contributed by atoms with Gasteiger partial charge in [0.25, 0.3) is 0 Å². The van der Waals surface area contributed by atoms with E-state index in [-0.39, 0.29) is 23.3 Å². The first-order valence-electron chi connectivity index (χ1n) is 9.69. The van der Waals surface area contributed by atoms with E-state index in [1.807, 2.05) is 48.5 Å². The number of benzene rings is 3. The third-order valence-corrected chi connectivity index (χ3v) is 8.59. The number of rotatable bonds is 2. The van der Waals surface area contributed by atoms with Crippen LogP contribution in [0.5, 0.6) is 0 Å². The predicted octanol–water partition coefficient (Wildman–Crippen LogP) is 3.88. The van der Waals surface area contributed by atoms with Crippen LogP contribution in [-0.4, -0.2) is 19.9 Å². The quantitative estimate of drug-likeness (QED) is 0.669. The molecule has 4 heteroatoms. The van der Waals surface area contributed by atoms with Gasteiger partial charge in [0, 0.05) is 11.8 Å². The van der Waals surface area contributed by atoms with Crippen LogP contribution in [0.25, 0.3) is 0 Å². The van der Waals surface area contributed by atoms with E-state index < -0.39 is 21.0 Å². The van der Waals surface area contributed by atoms with Gasteiger partial charge in [0.05, 0.1) is 11.5 Å². The number of sulfone groups is 1. The van der Waals surface area contributed by atoms with Crippen molar-refractivity contribution in [2.75, 3.05) is 11.5 Å². The van der Waals surface area contributed by atoms with E-state index in [4.69, 9.17) is 4.74 Å². The predicted molar refractivity (Wildman–Crippen MR) is 108 cm³/mol. The number of fused-ring (bicyclic) bond motifs is 8. The minimum Gasteiger partial charge on any atom is -0.349 e. The van der Waals surface area contributed by atoms with Gasteiger partial charge in [-0.3, -0.25) is 0 Å². The standard InChI is InChI=1S/C24H20O3S/c25-28(26)15-21-22(16-28)24(18-11-5-2-6-12-18)20-14-8-7-13-19(20)23(21,27-24)17-9-3-1-4-10-17/h1-14,21-22H,15-16H2/t21-,22-,23-,24-/m0/s1.